The van der Waals surface area contributed by atoms with Crippen LogP contribution in [-0.4, -0.2) is 72.3 Å². The van der Waals surface area contributed by atoms with Crippen molar-refractivity contribution in [3.05, 3.63) is 94.3 Å². The van der Waals surface area contributed by atoms with E-state index in [9.17, 15) is 28.0 Å². The van der Waals surface area contributed by atoms with Crippen LogP contribution in [0.25, 0.3) is 22.2 Å². The molecule has 1 unspecified atom stereocenters. The van der Waals surface area contributed by atoms with Gasteiger partial charge in [0, 0.05) is 19.6 Å². The number of rotatable bonds is 7. The van der Waals surface area contributed by atoms with Crippen LogP contribution in [0.4, 0.5) is 19.3 Å². The summed E-state index contributed by atoms with van der Waals surface area (Å²) in [6.45, 7) is 6.34. The van der Waals surface area contributed by atoms with Crippen molar-refractivity contribution in [3.8, 4) is 23.3 Å². The highest BCUT2D eigenvalue weighted by atomic mass is 32.2. The molecule has 2 aliphatic rings. The van der Waals surface area contributed by atoms with Crippen LogP contribution in [0.3, 0.4) is 0 Å². The van der Waals surface area contributed by atoms with E-state index >= 15 is 4.39 Å². The lowest BCUT2D eigenvalue weighted by Gasteiger charge is -2.30. The summed E-state index contributed by atoms with van der Waals surface area (Å²) in [4.78, 5) is 32.4. The zero-order valence-corrected chi connectivity index (χ0v) is 28.3. The average Bonchev–Trinajstić information content (AvgIpc) is 3.51. The molecule has 260 valence electrons. The van der Waals surface area contributed by atoms with Crippen molar-refractivity contribution in [2.24, 2.45) is 0 Å². The predicted octanol–water partition coefficient (Wildman–Crippen LogP) is 6.11. The van der Waals surface area contributed by atoms with Gasteiger partial charge in [0.25, 0.3) is 16.8 Å². The van der Waals surface area contributed by atoms with Crippen LogP contribution in [0.1, 0.15) is 44.7 Å². The first-order valence-electron chi connectivity index (χ1n) is 15.8. The molecule has 50 heavy (non-hydrogen) atoms. The van der Waals surface area contributed by atoms with E-state index < -0.39 is 40.2 Å². The van der Waals surface area contributed by atoms with Crippen molar-refractivity contribution in [2.45, 2.75) is 45.4 Å². The molecule has 0 saturated carbocycles. The molecule has 0 spiro atoms. The minimum atomic E-state index is -2.70. The van der Waals surface area contributed by atoms with Gasteiger partial charge in [0.1, 0.15) is 35.5 Å². The van der Waals surface area contributed by atoms with Crippen molar-refractivity contribution in [1.82, 2.24) is 19.5 Å². The molecule has 4 aromatic rings. The van der Waals surface area contributed by atoms with Crippen LogP contribution in [0, 0.1) is 17.1 Å². The third kappa shape index (κ3) is 7.23. The van der Waals surface area contributed by atoms with E-state index in [1.54, 1.807) is 17.0 Å². The fourth-order valence-electron chi connectivity index (χ4n) is 5.85. The second-order valence-corrected chi connectivity index (χ2v) is 13.7. The molecule has 2 atom stereocenters. The van der Waals surface area contributed by atoms with Gasteiger partial charge in [-0.05, 0) is 87.2 Å². The van der Waals surface area contributed by atoms with E-state index in [0.29, 0.717) is 30.7 Å². The molecule has 1 amide bonds. The number of anilines is 1. The lowest BCUT2D eigenvalue weighted by molar-refractivity contribution is 0.0273. The van der Waals surface area contributed by atoms with E-state index in [-0.39, 0.29) is 48.0 Å². The van der Waals surface area contributed by atoms with Crippen molar-refractivity contribution in [2.75, 3.05) is 30.6 Å². The Bertz CT molecular complexity index is 2110. The zero-order valence-electron chi connectivity index (χ0n) is 27.5. The lowest BCUT2D eigenvalue weighted by atomic mass is 10.0. The first-order valence-corrected chi connectivity index (χ1v) is 16.9. The Morgan fingerprint density at radius 1 is 1.14 bits per heavy atom. The smallest absolute Gasteiger partial charge is 0.410 e. The van der Waals surface area contributed by atoms with Gasteiger partial charge >= 0.3 is 6.09 Å². The van der Waals surface area contributed by atoms with E-state index in [1.165, 1.54) is 34.1 Å². The Labute approximate surface area is 289 Å². The number of ether oxygens (including phenoxy) is 2. The SMILES string of the molecule is CC(C)(C)OC(=O)N1CCC=C(c2ccc(-n3cnc4ccc(Oc5c(F)ccc(N(N6CC[C@@H](F)C6)S(=O)O)c5C#N)cc4c3=O)cc2)C1. The highest BCUT2D eigenvalue weighted by molar-refractivity contribution is 7.80. The van der Waals surface area contributed by atoms with Crippen LogP contribution in [0.15, 0.2) is 71.8 Å². The Kier molecular flexibility index (Phi) is 9.70. The first kappa shape index (κ1) is 34.7. The van der Waals surface area contributed by atoms with Gasteiger partial charge in [-0.15, -0.1) is 0 Å². The maximum atomic E-state index is 15.2. The molecule has 3 aromatic carbocycles. The molecule has 0 aliphatic carbocycles. The number of nitriles is 1. The Balaban J connectivity index is 1.27. The molecule has 12 nitrogen and oxygen atoms in total. The molecular formula is C35H34F2N6O6S. The second-order valence-electron chi connectivity index (χ2n) is 12.9. The molecule has 1 aromatic heterocycles. The molecule has 1 fully saturated rings. The predicted molar refractivity (Wildman–Crippen MR) is 183 cm³/mol. The van der Waals surface area contributed by atoms with Gasteiger partial charge in [0.15, 0.2) is 11.6 Å². The summed E-state index contributed by atoms with van der Waals surface area (Å²) in [5.74, 6) is -1.44. The fraction of sp³-hybridized carbons (Fsp3) is 0.314. The quantitative estimate of drug-likeness (QED) is 0.226. The molecule has 1 N–H and O–H groups in total. The Morgan fingerprint density at radius 2 is 1.90 bits per heavy atom. The summed E-state index contributed by atoms with van der Waals surface area (Å²) in [6, 6.07) is 15.5. The normalized spacial score (nSPS) is 17.3. The summed E-state index contributed by atoms with van der Waals surface area (Å²) in [5, 5.41) is 11.4. The first-order chi connectivity index (χ1) is 23.8. The molecule has 1 saturated heterocycles. The van der Waals surface area contributed by atoms with Crippen molar-refractivity contribution >= 4 is 39.5 Å². The molecule has 0 radical (unpaired) electrons. The third-order valence-electron chi connectivity index (χ3n) is 8.19. The third-order valence-corrected chi connectivity index (χ3v) is 8.91. The monoisotopic (exact) mass is 704 g/mol. The maximum Gasteiger partial charge on any atom is 0.410 e. The van der Waals surface area contributed by atoms with E-state index in [0.717, 1.165) is 27.7 Å². The van der Waals surface area contributed by atoms with Gasteiger partial charge in [0.2, 0.25) is 0 Å². The summed E-state index contributed by atoms with van der Waals surface area (Å²) in [6.07, 6.45) is 2.66. The lowest BCUT2D eigenvalue weighted by Crippen LogP contribution is -2.43. The number of hydrazine groups is 1. The van der Waals surface area contributed by atoms with Gasteiger partial charge in [0.05, 0.1) is 28.8 Å². The standard InChI is InChI=1S/C35H34F2N6O6S/c1-35(2,3)49-34(45)40-15-4-5-23(19-40)22-6-8-25(9-7-22)42-21-39-30-12-10-26(17-27(30)33(42)44)48-32-28(18-38)31(13-11-29(32)37)43(50(46)47)41-16-14-24(36)20-41/h5-13,17,21,24H,4,14-16,19-20H2,1-3H3,(H,46,47)/t24-/m1/s1. The average molecular weight is 705 g/mol. The number of nitrogens with zero attached hydrogens (tertiary/aromatic N) is 6. The van der Waals surface area contributed by atoms with E-state index in [1.807, 2.05) is 39.0 Å². The highest BCUT2D eigenvalue weighted by Crippen LogP contribution is 2.37. The minimum Gasteiger partial charge on any atom is -0.453 e. The van der Waals surface area contributed by atoms with E-state index in [4.69, 9.17) is 9.47 Å². The Hall–Kier alpha value is -5.17. The summed E-state index contributed by atoms with van der Waals surface area (Å²) < 4.78 is 64.9. The van der Waals surface area contributed by atoms with Crippen LogP contribution in [-0.2, 0) is 16.0 Å². The van der Waals surface area contributed by atoms with E-state index in [2.05, 4.69) is 11.1 Å². The number of aromatic nitrogens is 2. The number of carbonyl (C=O) groups excluding carboxylic acids is 1. The van der Waals surface area contributed by atoms with Crippen molar-refractivity contribution in [3.63, 3.8) is 0 Å². The molecule has 15 heteroatoms. The maximum absolute atomic E-state index is 15.2. The van der Waals surface area contributed by atoms with Gasteiger partial charge < -0.3 is 14.4 Å². The summed E-state index contributed by atoms with van der Waals surface area (Å²) in [5.41, 5.74) is 1.14. The van der Waals surface area contributed by atoms with Crippen LogP contribution < -0.4 is 14.7 Å². The number of amides is 1. The van der Waals surface area contributed by atoms with Crippen molar-refractivity contribution < 1.29 is 31.8 Å². The molecule has 2 aliphatic heterocycles. The molecule has 3 heterocycles. The van der Waals surface area contributed by atoms with Gasteiger partial charge in [-0.1, -0.05) is 18.2 Å². The molecule has 0 bridgehead atoms. The second kappa shape index (κ2) is 14.0. The number of alkyl halides is 1. The number of halogens is 2. The molecular weight excluding hydrogens is 670 g/mol. The number of carbonyl (C=O) groups is 1. The topological polar surface area (TPSA) is 141 Å². The van der Waals surface area contributed by atoms with Gasteiger partial charge in [-0.2, -0.15) is 9.68 Å². The molecule has 6 rings (SSSR count). The zero-order chi connectivity index (χ0) is 35.7. The summed E-state index contributed by atoms with van der Waals surface area (Å²) in [7, 11) is 0. The summed E-state index contributed by atoms with van der Waals surface area (Å²) >= 11 is -2.70. The number of benzene rings is 3. The van der Waals surface area contributed by atoms with Crippen LogP contribution >= 0.6 is 0 Å². The minimum absolute atomic E-state index is 0.0116. The highest BCUT2D eigenvalue weighted by Gasteiger charge is 2.33. The number of hydrogen-bond donors (Lipinski definition) is 1. The van der Waals surface area contributed by atoms with Crippen molar-refractivity contribution in [1.29, 1.82) is 5.26 Å². The number of fused-ring (bicyclic) bond motifs is 1. The largest absolute Gasteiger partial charge is 0.453 e. The fourth-order valence-corrected chi connectivity index (χ4v) is 6.52. The van der Waals surface area contributed by atoms with Gasteiger partial charge in [-0.25, -0.2) is 27.8 Å². The van der Waals surface area contributed by atoms with Gasteiger partial charge in [-0.3, -0.25) is 13.9 Å². The Morgan fingerprint density at radius 3 is 2.56 bits per heavy atom. The van der Waals surface area contributed by atoms with Crippen LogP contribution in [0.2, 0.25) is 0 Å². The number of hydrogen-bond acceptors (Lipinski definition) is 8. The van der Waals surface area contributed by atoms with Crippen LogP contribution in [0.5, 0.6) is 11.5 Å².